The molecule has 5 heteroatoms. The molecule has 1 unspecified atom stereocenters. The van der Waals surface area contributed by atoms with Gasteiger partial charge in [0.15, 0.2) is 0 Å². The van der Waals surface area contributed by atoms with Crippen LogP contribution in [0.2, 0.25) is 0 Å². The first-order valence-corrected chi connectivity index (χ1v) is 7.09. The number of carbonyl (C=O) groups is 1. The van der Waals surface area contributed by atoms with Crippen molar-refractivity contribution in [2.24, 2.45) is 0 Å². The summed E-state index contributed by atoms with van der Waals surface area (Å²) in [7, 11) is 0. The third-order valence-corrected chi connectivity index (χ3v) is 3.18. The second-order valence-corrected chi connectivity index (χ2v) is 4.79. The molecule has 0 saturated carbocycles. The first-order valence-electron chi connectivity index (χ1n) is 7.09. The normalized spacial score (nSPS) is 11.9. The number of furan rings is 1. The fourth-order valence-corrected chi connectivity index (χ4v) is 2.04. The number of rotatable bonds is 6. The highest BCUT2D eigenvalue weighted by Gasteiger charge is 2.05. The Morgan fingerprint density at radius 3 is 2.62 bits per heavy atom. The molecule has 0 saturated heterocycles. The Morgan fingerprint density at radius 2 is 2.00 bits per heavy atom. The van der Waals surface area contributed by atoms with Crippen LogP contribution in [0, 0.1) is 0 Å². The third-order valence-electron chi connectivity index (χ3n) is 3.18. The number of benzene rings is 1. The van der Waals surface area contributed by atoms with Gasteiger partial charge in [-0.2, -0.15) is 0 Å². The molecule has 2 aromatic rings. The van der Waals surface area contributed by atoms with E-state index in [0.29, 0.717) is 12.6 Å². The highest BCUT2D eigenvalue weighted by atomic mass is 16.3. The standard InChI is InChI=1S/C16H21N3O2/c1-3-17-12(2)13-6-8-14(9-7-13)19-16(20)18-11-15-5-4-10-21-15/h4-10,12,17H,3,11H2,1-2H3,(H2,18,19,20). The molecule has 2 rings (SSSR count). The van der Waals surface area contributed by atoms with Gasteiger partial charge in [0.2, 0.25) is 0 Å². The predicted molar refractivity (Wildman–Crippen MR) is 83.1 cm³/mol. The van der Waals surface area contributed by atoms with E-state index in [4.69, 9.17) is 4.42 Å². The summed E-state index contributed by atoms with van der Waals surface area (Å²) in [6.07, 6.45) is 1.58. The van der Waals surface area contributed by atoms with Crippen molar-refractivity contribution >= 4 is 11.7 Å². The zero-order chi connectivity index (χ0) is 15.1. The van der Waals surface area contributed by atoms with Gasteiger partial charge in [-0.3, -0.25) is 0 Å². The summed E-state index contributed by atoms with van der Waals surface area (Å²) >= 11 is 0. The minimum absolute atomic E-state index is 0.251. The molecule has 0 bridgehead atoms. The summed E-state index contributed by atoms with van der Waals surface area (Å²) in [5.41, 5.74) is 1.96. The summed E-state index contributed by atoms with van der Waals surface area (Å²) in [6.45, 7) is 5.49. The van der Waals surface area contributed by atoms with Crippen LogP contribution in [-0.2, 0) is 6.54 Å². The van der Waals surface area contributed by atoms with Crippen LogP contribution < -0.4 is 16.0 Å². The highest BCUT2D eigenvalue weighted by molar-refractivity contribution is 5.89. The quantitative estimate of drug-likeness (QED) is 0.764. The first-order chi connectivity index (χ1) is 10.2. The van der Waals surface area contributed by atoms with Crippen molar-refractivity contribution in [3.05, 3.63) is 54.0 Å². The molecule has 1 aromatic heterocycles. The van der Waals surface area contributed by atoms with Crippen molar-refractivity contribution in [1.82, 2.24) is 10.6 Å². The van der Waals surface area contributed by atoms with Gasteiger partial charge < -0.3 is 20.4 Å². The summed E-state index contributed by atoms with van der Waals surface area (Å²) in [6, 6.07) is 11.5. The molecular formula is C16H21N3O2. The van der Waals surface area contributed by atoms with Gasteiger partial charge in [-0.05, 0) is 43.3 Å². The number of anilines is 1. The summed E-state index contributed by atoms with van der Waals surface area (Å²) in [5.74, 6) is 0.722. The van der Waals surface area contributed by atoms with Crippen molar-refractivity contribution in [3.8, 4) is 0 Å². The van der Waals surface area contributed by atoms with E-state index in [1.165, 1.54) is 5.56 Å². The van der Waals surface area contributed by atoms with Crippen LogP contribution in [0.3, 0.4) is 0 Å². The number of hydrogen-bond donors (Lipinski definition) is 3. The molecule has 0 spiro atoms. The van der Waals surface area contributed by atoms with Gasteiger partial charge in [0, 0.05) is 11.7 Å². The fourth-order valence-electron chi connectivity index (χ4n) is 2.04. The number of nitrogens with one attached hydrogen (secondary N) is 3. The van der Waals surface area contributed by atoms with Crippen LogP contribution in [-0.4, -0.2) is 12.6 Å². The lowest BCUT2D eigenvalue weighted by atomic mass is 10.1. The van der Waals surface area contributed by atoms with Crippen molar-refractivity contribution in [1.29, 1.82) is 0 Å². The Hall–Kier alpha value is -2.27. The fraction of sp³-hybridized carbons (Fsp3) is 0.312. The maximum atomic E-state index is 11.8. The predicted octanol–water partition coefficient (Wildman–Crippen LogP) is 3.27. The summed E-state index contributed by atoms with van der Waals surface area (Å²) < 4.78 is 5.15. The van der Waals surface area contributed by atoms with Crippen LogP contribution in [0.15, 0.2) is 47.1 Å². The highest BCUT2D eigenvalue weighted by Crippen LogP contribution is 2.15. The Kier molecular flexibility index (Phi) is 5.40. The molecule has 21 heavy (non-hydrogen) atoms. The second-order valence-electron chi connectivity index (χ2n) is 4.79. The third kappa shape index (κ3) is 4.65. The Morgan fingerprint density at radius 1 is 1.24 bits per heavy atom. The van der Waals surface area contributed by atoms with Crippen molar-refractivity contribution in [3.63, 3.8) is 0 Å². The molecule has 0 aliphatic rings. The number of amides is 2. The van der Waals surface area contributed by atoms with E-state index in [1.54, 1.807) is 12.3 Å². The van der Waals surface area contributed by atoms with Crippen LogP contribution in [0.5, 0.6) is 0 Å². The van der Waals surface area contributed by atoms with Gasteiger partial charge in [-0.25, -0.2) is 4.79 Å². The molecule has 2 amide bonds. The van der Waals surface area contributed by atoms with Gasteiger partial charge in [0.05, 0.1) is 12.8 Å². The molecule has 1 atom stereocenters. The first kappa shape index (κ1) is 15.1. The monoisotopic (exact) mass is 287 g/mol. The smallest absolute Gasteiger partial charge is 0.319 e. The van der Waals surface area contributed by atoms with E-state index >= 15 is 0 Å². The molecule has 1 aromatic carbocycles. The molecule has 5 nitrogen and oxygen atoms in total. The average molecular weight is 287 g/mol. The van der Waals surface area contributed by atoms with Crippen LogP contribution >= 0.6 is 0 Å². The maximum Gasteiger partial charge on any atom is 0.319 e. The van der Waals surface area contributed by atoms with E-state index in [-0.39, 0.29) is 6.03 Å². The Balaban J connectivity index is 1.83. The number of carbonyl (C=O) groups excluding carboxylic acids is 1. The van der Waals surface area contributed by atoms with Gasteiger partial charge in [-0.1, -0.05) is 19.1 Å². The van der Waals surface area contributed by atoms with Crippen LogP contribution in [0.4, 0.5) is 10.5 Å². The van der Waals surface area contributed by atoms with E-state index in [2.05, 4.69) is 29.8 Å². The van der Waals surface area contributed by atoms with Gasteiger partial charge >= 0.3 is 6.03 Å². The maximum absolute atomic E-state index is 11.8. The zero-order valence-electron chi connectivity index (χ0n) is 12.3. The summed E-state index contributed by atoms with van der Waals surface area (Å²) in [4.78, 5) is 11.8. The molecule has 0 radical (unpaired) electrons. The number of urea groups is 1. The Bertz CT molecular complexity index is 549. The largest absolute Gasteiger partial charge is 0.467 e. The van der Waals surface area contributed by atoms with Crippen molar-refractivity contribution in [2.75, 3.05) is 11.9 Å². The lowest BCUT2D eigenvalue weighted by Crippen LogP contribution is -2.28. The van der Waals surface area contributed by atoms with E-state index in [0.717, 1.165) is 18.0 Å². The molecule has 0 fully saturated rings. The van der Waals surface area contributed by atoms with E-state index in [9.17, 15) is 4.79 Å². The molecule has 0 aliphatic carbocycles. The van der Waals surface area contributed by atoms with E-state index < -0.39 is 0 Å². The van der Waals surface area contributed by atoms with Crippen molar-refractivity contribution in [2.45, 2.75) is 26.4 Å². The van der Waals surface area contributed by atoms with Gasteiger partial charge in [0.1, 0.15) is 5.76 Å². The molecule has 112 valence electrons. The minimum Gasteiger partial charge on any atom is -0.467 e. The van der Waals surface area contributed by atoms with Gasteiger partial charge in [-0.15, -0.1) is 0 Å². The molecular weight excluding hydrogens is 266 g/mol. The topological polar surface area (TPSA) is 66.3 Å². The molecule has 0 aliphatic heterocycles. The lowest BCUT2D eigenvalue weighted by Gasteiger charge is -2.13. The van der Waals surface area contributed by atoms with Gasteiger partial charge in [0.25, 0.3) is 0 Å². The van der Waals surface area contributed by atoms with E-state index in [1.807, 2.05) is 30.3 Å². The Labute approximate surface area is 124 Å². The van der Waals surface area contributed by atoms with Crippen LogP contribution in [0.25, 0.3) is 0 Å². The van der Waals surface area contributed by atoms with Crippen molar-refractivity contribution < 1.29 is 9.21 Å². The summed E-state index contributed by atoms with van der Waals surface area (Å²) in [5, 5.41) is 8.87. The zero-order valence-corrected chi connectivity index (χ0v) is 12.3. The molecule has 1 heterocycles. The van der Waals surface area contributed by atoms with Crippen LogP contribution in [0.1, 0.15) is 31.2 Å². The average Bonchev–Trinajstić information content (AvgIpc) is 2.99. The number of hydrogen-bond acceptors (Lipinski definition) is 3. The SMILES string of the molecule is CCNC(C)c1ccc(NC(=O)NCc2ccco2)cc1. The lowest BCUT2D eigenvalue weighted by molar-refractivity contribution is 0.251. The molecule has 3 N–H and O–H groups in total. The second kappa shape index (κ2) is 7.50. The minimum atomic E-state index is -0.251.